The number of benzene rings is 1. The molecule has 1 aromatic heterocycles. The Morgan fingerprint density at radius 1 is 1.26 bits per heavy atom. The standard InChI is InChI=1S/C14H18FN3O/c1-3-13-16-14(4-2)18(17-13)9-12(19)10-7-5-6-8-11(10)15/h5-8,12,19H,3-4,9H2,1-2H3. The summed E-state index contributed by atoms with van der Waals surface area (Å²) in [5.74, 6) is 1.16. The molecule has 1 aromatic carbocycles. The predicted molar refractivity (Wildman–Crippen MR) is 70.1 cm³/mol. The maximum absolute atomic E-state index is 13.6. The zero-order valence-electron chi connectivity index (χ0n) is 11.2. The van der Waals surface area contributed by atoms with Gasteiger partial charge in [0.05, 0.1) is 6.54 Å². The fourth-order valence-corrected chi connectivity index (χ4v) is 1.99. The smallest absolute Gasteiger partial charge is 0.150 e. The normalized spacial score (nSPS) is 12.6. The monoisotopic (exact) mass is 263 g/mol. The van der Waals surface area contributed by atoms with Gasteiger partial charge in [0.1, 0.15) is 17.7 Å². The third-order valence-electron chi connectivity index (χ3n) is 3.03. The zero-order chi connectivity index (χ0) is 13.8. The molecule has 19 heavy (non-hydrogen) atoms. The molecule has 0 radical (unpaired) electrons. The maximum Gasteiger partial charge on any atom is 0.150 e. The van der Waals surface area contributed by atoms with E-state index in [0.29, 0.717) is 0 Å². The van der Waals surface area contributed by atoms with Crippen molar-refractivity contribution in [3.63, 3.8) is 0 Å². The van der Waals surface area contributed by atoms with Crippen molar-refractivity contribution < 1.29 is 9.50 Å². The number of aryl methyl sites for hydroxylation is 2. The molecular weight excluding hydrogens is 245 g/mol. The van der Waals surface area contributed by atoms with Crippen LogP contribution in [0.1, 0.15) is 37.2 Å². The fourth-order valence-electron chi connectivity index (χ4n) is 1.99. The van der Waals surface area contributed by atoms with Gasteiger partial charge in [-0.1, -0.05) is 32.0 Å². The molecule has 1 N–H and O–H groups in total. The highest BCUT2D eigenvalue weighted by Gasteiger charge is 2.16. The Morgan fingerprint density at radius 2 is 2.00 bits per heavy atom. The van der Waals surface area contributed by atoms with Crippen LogP contribution in [0.4, 0.5) is 4.39 Å². The van der Waals surface area contributed by atoms with E-state index in [1.807, 2.05) is 13.8 Å². The predicted octanol–water partition coefficient (Wildman–Crippen LogP) is 2.28. The Labute approximate surface area is 111 Å². The third kappa shape index (κ3) is 2.98. The molecule has 1 unspecified atom stereocenters. The number of nitrogens with zero attached hydrogens (tertiary/aromatic N) is 3. The number of aliphatic hydroxyl groups excluding tert-OH is 1. The zero-order valence-corrected chi connectivity index (χ0v) is 11.2. The second-order valence-corrected chi connectivity index (χ2v) is 4.37. The number of aliphatic hydroxyl groups is 1. The van der Waals surface area contributed by atoms with Crippen molar-refractivity contribution >= 4 is 0 Å². The Balaban J connectivity index is 2.21. The summed E-state index contributed by atoms with van der Waals surface area (Å²) in [4.78, 5) is 4.36. The topological polar surface area (TPSA) is 50.9 Å². The van der Waals surface area contributed by atoms with E-state index in [2.05, 4.69) is 10.1 Å². The van der Waals surface area contributed by atoms with Crippen LogP contribution in [0, 0.1) is 5.82 Å². The average molecular weight is 263 g/mol. The Bertz CT molecular complexity index is 553. The van der Waals surface area contributed by atoms with Gasteiger partial charge >= 0.3 is 0 Å². The van der Waals surface area contributed by atoms with Gasteiger partial charge in [0, 0.05) is 18.4 Å². The molecule has 0 saturated carbocycles. The molecule has 102 valence electrons. The number of hydrogen-bond acceptors (Lipinski definition) is 3. The van der Waals surface area contributed by atoms with Crippen molar-refractivity contribution in [2.24, 2.45) is 0 Å². The van der Waals surface area contributed by atoms with Crippen molar-refractivity contribution in [1.82, 2.24) is 14.8 Å². The minimum atomic E-state index is -0.919. The first-order chi connectivity index (χ1) is 9.15. The maximum atomic E-state index is 13.6. The van der Waals surface area contributed by atoms with Gasteiger partial charge in [-0.15, -0.1) is 0 Å². The lowest BCUT2D eigenvalue weighted by Gasteiger charge is -2.13. The Morgan fingerprint density at radius 3 is 2.63 bits per heavy atom. The largest absolute Gasteiger partial charge is 0.386 e. The minimum absolute atomic E-state index is 0.219. The van der Waals surface area contributed by atoms with E-state index in [1.165, 1.54) is 6.07 Å². The van der Waals surface area contributed by atoms with Crippen molar-refractivity contribution in [3.05, 3.63) is 47.3 Å². The first-order valence-electron chi connectivity index (χ1n) is 6.50. The highest BCUT2D eigenvalue weighted by molar-refractivity contribution is 5.19. The molecule has 1 heterocycles. The van der Waals surface area contributed by atoms with E-state index in [9.17, 15) is 9.50 Å². The van der Waals surface area contributed by atoms with E-state index >= 15 is 0 Å². The first kappa shape index (κ1) is 13.7. The molecule has 1 atom stereocenters. The van der Waals surface area contributed by atoms with Crippen LogP contribution in [0.25, 0.3) is 0 Å². The SMILES string of the molecule is CCc1nc(CC)n(CC(O)c2ccccc2F)n1. The fraction of sp³-hybridized carbons (Fsp3) is 0.429. The molecular formula is C14H18FN3O. The molecule has 0 fully saturated rings. The lowest BCUT2D eigenvalue weighted by atomic mass is 10.1. The molecule has 0 aliphatic heterocycles. The summed E-state index contributed by atoms with van der Waals surface area (Å²) in [5.41, 5.74) is 0.290. The van der Waals surface area contributed by atoms with Gasteiger partial charge in [0.25, 0.3) is 0 Å². The van der Waals surface area contributed by atoms with Crippen LogP contribution < -0.4 is 0 Å². The van der Waals surface area contributed by atoms with Crippen molar-refractivity contribution in [2.45, 2.75) is 39.3 Å². The summed E-state index contributed by atoms with van der Waals surface area (Å²) in [6, 6.07) is 6.25. The number of hydrogen-bond donors (Lipinski definition) is 1. The Hall–Kier alpha value is -1.75. The summed E-state index contributed by atoms with van der Waals surface area (Å²) in [5, 5.41) is 14.4. The molecule has 5 heteroatoms. The van der Waals surface area contributed by atoms with Gasteiger partial charge < -0.3 is 5.11 Å². The van der Waals surface area contributed by atoms with Crippen LogP contribution in [0.5, 0.6) is 0 Å². The molecule has 0 amide bonds. The number of aromatic nitrogens is 3. The van der Waals surface area contributed by atoms with Crippen LogP contribution in [0.2, 0.25) is 0 Å². The minimum Gasteiger partial charge on any atom is -0.386 e. The lowest BCUT2D eigenvalue weighted by molar-refractivity contribution is 0.145. The van der Waals surface area contributed by atoms with Crippen LogP contribution >= 0.6 is 0 Å². The third-order valence-corrected chi connectivity index (χ3v) is 3.03. The Kier molecular flexibility index (Phi) is 4.27. The van der Waals surface area contributed by atoms with Crippen LogP contribution in [0.15, 0.2) is 24.3 Å². The lowest BCUT2D eigenvalue weighted by Crippen LogP contribution is -2.14. The van der Waals surface area contributed by atoms with Gasteiger partial charge in [-0.25, -0.2) is 14.1 Å². The molecule has 0 aliphatic carbocycles. The summed E-state index contributed by atoms with van der Waals surface area (Å²) in [6.07, 6.45) is 0.560. The van der Waals surface area contributed by atoms with Crippen molar-refractivity contribution in [3.8, 4) is 0 Å². The van der Waals surface area contributed by atoms with Gasteiger partial charge in [-0.2, -0.15) is 5.10 Å². The summed E-state index contributed by atoms with van der Waals surface area (Å²) >= 11 is 0. The van der Waals surface area contributed by atoms with Gasteiger partial charge in [-0.05, 0) is 6.07 Å². The summed E-state index contributed by atoms with van der Waals surface area (Å²) in [6.45, 7) is 4.18. The molecule has 0 aliphatic rings. The molecule has 2 aromatic rings. The second kappa shape index (κ2) is 5.93. The van der Waals surface area contributed by atoms with Crippen molar-refractivity contribution in [2.75, 3.05) is 0 Å². The van der Waals surface area contributed by atoms with Gasteiger partial charge in [-0.3, -0.25) is 0 Å². The van der Waals surface area contributed by atoms with E-state index in [-0.39, 0.29) is 12.1 Å². The van der Waals surface area contributed by atoms with E-state index in [0.717, 1.165) is 24.5 Å². The van der Waals surface area contributed by atoms with Crippen LogP contribution in [-0.2, 0) is 19.4 Å². The summed E-state index contributed by atoms with van der Waals surface area (Å²) < 4.78 is 15.3. The van der Waals surface area contributed by atoms with Gasteiger partial charge in [0.2, 0.25) is 0 Å². The average Bonchev–Trinajstić information content (AvgIpc) is 2.81. The summed E-state index contributed by atoms with van der Waals surface area (Å²) in [7, 11) is 0. The molecule has 0 saturated heterocycles. The van der Waals surface area contributed by atoms with Gasteiger partial charge in [0.15, 0.2) is 5.82 Å². The molecule has 0 spiro atoms. The van der Waals surface area contributed by atoms with E-state index < -0.39 is 11.9 Å². The highest BCUT2D eigenvalue weighted by atomic mass is 19.1. The van der Waals surface area contributed by atoms with Crippen LogP contribution in [0.3, 0.4) is 0 Å². The number of rotatable bonds is 5. The van der Waals surface area contributed by atoms with E-state index in [4.69, 9.17) is 0 Å². The highest BCUT2D eigenvalue weighted by Crippen LogP contribution is 2.18. The second-order valence-electron chi connectivity index (χ2n) is 4.37. The number of halogens is 1. The van der Waals surface area contributed by atoms with Crippen LogP contribution in [-0.4, -0.2) is 19.9 Å². The quantitative estimate of drug-likeness (QED) is 0.900. The molecule has 0 bridgehead atoms. The van der Waals surface area contributed by atoms with Crippen molar-refractivity contribution in [1.29, 1.82) is 0 Å². The van der Waals surface area contributed by atoms with E-state index in [1.54, 1.807) is 22.9 Å². The first-order valence-corrected chi connectivity index (χ1v) is 6.50. The molecule has 4 nitrogen and oxygen atoms in total. The molecule has 2 rings (SSSR count).